The first kappa shape index (κ1) is 12.6. The zero-order chi connectivity index (χ0) is 12.1. The van der Waals surface area contributed by atoms with E-state index >= 15 is 0 Å². The summed E-state index contributed by atoms with van der Waals surface area (Å²) in [6.07, 6.45) is 1.48. The second kappa shape index (κ2) is 5.54. The highest BCUT2D eigenvalue weighted by atomic mass is 35.5. The van der Waals surface area contributed by atoms with Crippen molar-refractivity contribution in [2.45, 2.75) is 13.5 Å². The van der Waals surface area contributed by atoms with Crippen LogP contribution >= 0.6 is 11.6 Å². The van der Waals surface area contributed by atoms with E-state index in [1.54, 1.807) is 6.07 Å². The molecule has 0 bridgehead atoms. The first-order valence-corrected chi connectivity index (χ1v) is 4.97. The SMILES string of the molecule is COc1cc(C)c(CN=C=O)c(Cl)c1OC. The molecule has 86 valence electrons. The number of hydrogen-bond donors (Lipinski definition) is 0. The molecule has 0 atom stereocenters. The van der Waals surface area contributed by atoms with Crippen LogP contribution < -0.4 is 9.47 Å². The van der Waals surface area contributed by atoms with E-state index in [4.69, 9.17) is 21.1 Å². The Morgan fingerprint density at radius 2 is 2.12 bits per heavy atom. The molecule has 0 saturated heterocycles. The van der Waals surface area contributed by atoms with E-state index < -0.39 is 0 Å². The molecule has 1 aromatic carbocycles. The molecule has 0 amide bonds. The first-order chi connectivity index (χ1) is 7.65. The van der Waals surface area contributed by atoms with Crippen LogP contribution in [0, 0.1) is 6.92 Å². The normalized spacial score (nSPS) is 9.50. The molecule has 0 unspecified atom stereocenters. The fraction of sp³-hybridized carbons (Fsp3) is 0.364. The van der Waals surface area contributed by atoms with Gasteiger partial charge >= 0.3 is 0 Å². The lowest BCUT2D eigenvalue weighted by Gasteiger charge is -2.14. The number of carbonyl (C=O) groups excluding carboxylic acids is 1. The molecule has 0 aliphatic rings. The maximum absolute atomic E-state index is 10.1. The molecule has 1 rings (SSSR count). The smallest absolute Gasteiger partial charge is 0.235 e. The average Bonchev–Trinajstić information content (AvgIpc) is 2.28. The van der Waals surface area contributed by atoms with Crippen molar-refractivity contribution in [1.82, 2.24) is 0 Å². The van der Waals surface area contributed by atoms with Gasteiger partial charge in [-0.2, -0.15) is 0 Å². The first-order valence-electron chi connectivity index (χ1n) is 4.59. The van der Waals surface area contributed by atoms with Crippen LogP contribution in [0.1, 0.15) is 11.1 Å². The highest BCUT2D eigenvalue weighted by Gasteiger charge is 2.15. The van der Waals surface area contributed by atoms with E-state index in [0.29, 0.717) is 16.5 Å². The van der Waals surface area contributed by atoms with Crippen molar-refractivity contribution in [2.24, 2.45) is 4.99 Å². The van der Waals surface area contributed by atoms with Crippen LogP contribution in [-0.4, -0.2) is 20.3 Å². The van der Waals surface area contributed by atoms with E-state index in [1.165, 1.54) is 20.3 Å². The Morgan fingerprint density at radius 3 is 2.62 bits per heavy atom. The van der Waals surface area contributed by atoms with Crippen molar-refractivity contribution in [2.75, 3.05) is 14.2 Å². The minimum absolute atomic E-state index is 0.189. The molecule has 0 heterocycles. The van der Waals surface area contributed by atoms with E-state index in [2.05, 4.69) is 4.99 Å². The van der Waals surface area contributed by atoms with Gasteiger partial charge in [0.2, 0.25) is 6.08 Å². The highest BCUT2D eigenvalue weighted by molar-refractivity contribution is 6.33. The molecule has 0 spiro atoms. The molecule has 4 nitrogen and oxygen atoms in total. The number of hydrogen-bond acceptors (Lipinski definition) is 4. The Bertz CT molecular complexity index is 439. The second-order valence-electron chi connectivity index (χ2n) is 3.13. The molecule has 0 radical (unpaired) electrons. The van der Waals surface area contributed by atoms with Crippen molar-refractivity contribution in [1.29, 1.82) is 0 Å². The van der Waals surface area contributed by atoms with Gasteiger partial charge in [0.25, 0.3) is 0 Å². The third-order valence-corrected chi connectivity index (χ3v) is 2.64. The molecule has 5 heteroatoms. The van der Waals surface area contributed by atoms with E-state index in [0.717, 1.165) is 11.1 Å². The number of ether oxygens (including phenoxy) is 2. The molecular weight excluding hydrogens is 230 g/mol. The molecule has 0 fully saturated rings. The molecule has 0 aromatic heterocycles. The lowest BCUT2D eigenvalue weighted by Crippen LogP contribution is -1.97. The van der Waals surface area contributed by atoms with Crippen LogP contribution in [0.4, 0.5) is 0 Å². The second-order valence-corrected chi connectivity index (χ2v) is 3.51. The summed E-state index contributed by atoms with van der Waals surface area (Å²) in [4.78, 5) is 13.6. The third-order valence-electron chi connectivity index (χ3n) is 2.24. The van der Waals surface area contributed by atoms with Crippen LogP contribution in [0.2, 0.25) is 5.02 Å². The van der Waals surface area contributed by atoms with E-state index in [-0.39, 0.29) is 6.54 Å². The zero-order valence-corrected chi connectivity index (χ0v) is 10.1. The predicted octanol–water partition coefficient (Wildman–Crippen LogP) is 2.50. The summed E-state index contributed by atoms with van der Waals surface area (Å²) in [7, 11) is 3.04. The van der Waals surface area contributed by atoms with Gasteiger partial charge in [-0.05, 0) is 24.1 Å². The van der Waals surface area contributed by atoms with Crippen molar-refractivity contribution >= 4 is 17.7 Å². The van der Waals surface area contributed by atoms with E-state index in [1.807, 2.05) is 6.92 Å². The molecule has 0 N–H and O–H groups in total. The van der Waals surface area contributed by atoms with Crippen molar-refractivity contribution in [3.8, 4) is 11.5 Å². The Kier molecular flexibility index (Phi) is 4.35. The summed E-state index contributed by atoms with van der Waals surface area (Å²) in [5, 5.41) is 0.415. The van der Waals surface area contributed by atoms with Crippen molar-refractivity contribution in [3.63, 3.8) is 0 Å². The number of halogens is 1. The largest absolute Gasteiger partial charge is 0.493 e. The van der Waals surface area contributed by atoms with Gasteiger partial charge in [-0.3, -0.25) is 0 Å². The van der Waals surface area contributed by atoms with Gasteiger partial charge < -0.3 is 9.47 Å². The fourth-order valence-electron chi connectivity index (χ4n) is 1.41. The molecular formula is C11H12ClNO3. The van der Waals surface area contributed by atoms with Gasteiger partial charge in [-0.25, -0.2) is 9.79 Å². The summed E-state index contributed by atoms with van der Waals surface area (Å²) in [5.74, 6) is 1.01. The summed E-state index contributed by atoms with van der Waals surface area (Å²) in [6, 6.07) is 1.79. The lowest BCUT2D eigenvalue weighted by atomic mass is 10.1. The maximum Gasteiger partial charge on any atom is 0.235 e. The maximum atomic E-state index is 10.1. The summed E-state index contributed by atoms with van der Waals surface area (Å²) in [5.41, 5.74) is 1.63. The van der Waals surface area contributed by atoms with Gasteiger partial charge in [0.15, 0.2) is 11.5 Å². The molecule has 0 aliphatic carbocycles. The average molecular weight is 242 g/mol. The van der Waals surface area contributed by atoms with Crippen LogP contribution in [0.3, 0.4) is 0 Å². The number of isocyanates is 1. The summed E-state index contributed by atoms with van der Waals surface area (Å²) in [6.45, 7) is 2.05. The van der Waals surface area contributed by atoms with Gasteiger partial charge in [0, 0.05) is 0 Å². The Balaban J connectivity index is 3.34. The number of methoxy groups -OCH3 is 2. The number of aryl methyl sites for hydroxylation is 1. The van der Waals surface area contributed by atoms with Crippen LogP contribution in [0.5, 0.6) is 11.5 Å². The Labute approximate surface area is 98.8 Å². The zero-order valence-electron chi connectivity index (χ0n) is 9.33. The van der Waals surface area contributed by atoms with E-state index in [9.17, 15) is 4.79 Å². The number of aliphatic imine (C=N–C) groups is 1. The molecule has 0 aliphatic heterocycles. The van der Waals surface area contributed by atoms with Crippen LogP contribution in [-0.2, 0) is 11.3 Å². The third kappa shape index (κ3) is 2.35. The van der Waals surface area contributed by atoms with Gasteiger partial charge in [0.05, 0.1) is 25.8 Å². The van der Waals surface area contributed by atoms with Gasteiger partial charge in [-0.1, -0.05) is 11.6 Å². The Hall–Kier alpha value is -1.51. The van der Waals surface area contributed by atoms with Gasteiger partial charge in [0.1, 0.15) is 0 Å². The van der Waals surface area contributed by atoms with Crippen LogP contribution in [0.25, 0.3) is 0 Å². The minimum Gasteiger partial charge on any atom is -0.493 e. The predicted molar refractivity (Wildman–Crippen MR) is 61.1 cm³/mol. The highest BCUT2D eigenvalue weighted by Crippen LogP contribution is 2.39. The molecule has 0 saturated carbocycles. The van der Waals surface area contributed by atoms with Crippen molar-refractivity contribution < 1.29 is 14.3 Å². The van der Waals surface area contributed by atoms with Gasteiger partial charge in [-0.15, -0.1) is 0 Å². The standard InChI is InChI=1S/C11H12ClNO3/c1-7-4-9(15-2)11(16-3)10(12)8(7)5-13-6-14/h4H,5H2,1-3H3. The Morgan fingerprint density at radius 1 is 1.44 bits per heavy atom. The summed E-state index contributed by atoms with van der Waals surface area (Å²) < 4.78 is 10.3. The van der Waals surface area contributed by atoms with Crippen LogP contribution in [0.15, 0.2) is 11.1 Å². The molecule has 1 aromatic rings. The topological polar surface area (TPSA) is 47.9 Å². The number of benzene rings is 1. The quantitative estimate of drug-likeness (QED) is 0.601. The van der Waals surface area contributed by atoms with Crippen molar-refractivity contribution in [3.05, 3.63) is 22.2 Å². The fourth-order valence-corrected chi connectivity index (χ4v) is 1.79. The number of nitrogens with zero attached hydrogens (tertiary/aromatic N) is 1. The summed E-state index contributed by atoms with van der Waals surface area (Å²) >= 11 is 6.14. The minimum atomic E-state index is 0.189. The monoisotopic (exact) mass is 241 g/mol. The number of rotatable bonds is 4. The molecule has 16 heavy (non-hydrogen) atoms. The lowest BCUT2D eigenvalue weighted by molar-refractivity contribution is 0.354.